The molecule has 1 atom stereocenters. The van der Waals surface area contributed by atoms with Crippen molar-refractivity contribution in [2.24, 2.45) is 7.05 Å². The average molecular weight is 329 g/mol. The van der Waals surface area contributed by atoms with Crippen molar-refractivity contribution in [3.05, 3.63) is 35.8 Å². The molecule has 2 amide bonds. The van der Waals surface area contributed by atoms with E-state index in [1.165, 1.54) is 0 Å². The standard InChI is InChI=1S/C17H23N5O2/c1-21-14(7-8-20-21)15-4-2-3-9-22(15)17(23)19-11-13-10-18-16(24-13)12-5-6-12/h7-8,10,12,15H,2-6,9,11H2,1H3,(H,19,23). The Labute approximate surface area is 141 Å². The number of aryl methyl sites for hydroxylation is 1. The van der Waals surface area contributed by atoms with Crippen LogP contribution < -0.4 is 5.32 Å². The number of hydrogen-bond donors (Lipinski definition) is 1. The highest BCUT2D eigenvalue weighted by molar-refractivity contribution is 5.74. The normalized spacial score (nSPS) is 21.0. The Bertz CT molecular complexity index is 718. The Balaban J connectivity index is 1.40. The maximum Gasteiger partial charge on any atom is 0.318 e. The second-order valence-electron chi connectivity index (χ2n) is 6.68. The summed E-state index contributed by atoms with van der Waals surface area (Å²) in [6.45, 7) is 1.15. The summed E-state index contributed by atoms with van der Waals surface area (Å²) in [5.74, 6) is 2.02. The minimum absolute atomic E-state index is 0.0507. The van der Waals surface area contributed by atoms with Crippen LogP contribution in [0.25, 0.3) is 0 Å². The number of carbonyl (C=O) groups excluding carboxylic acids is 1. The largest absolute Gasteiger partial charge is 0.444 e. The molecule has 0 aromatic carbocycles. The van der Waals surface area contributed by atoms with Gasteiger partial charge in [0.2, 0.25) is 0 Å². The molecule has 0 radical (unpaired) electrons. The lowest BCUT2D eigenvalue weighted by Crippen LogP contribution is -2.44. The van der Waals surface area contributed by atoms with Gasteiger partial charge < -0.3 is 14.6 Å². The molecular formula is C17H23N5O2. The molecule has 2 aromatic heterocycles. The zero-order valence-corrected chi connectivity index (χ0v) is 13.9. The molecular weight excluding hydrogens is 306 g/mol. The van der Waals surface area contributed by atoms with E-state index in [9.17, 15) is 4.79 Å². The number of likely N-dealkylation sites (tertiary alicyclic amines) is 1. The molecule has 3 heterocycles. The summed E-state index contributed by atoms with van der Waals surface area (Å²) in [4.78, 5) is 18.9. The Morgan fingerprint density at radius 3 is 3.00 bits per heavy atom. The molecule has 2 fully saturated rings. The topological polar surface area (TPSA) is 76.2 Å². The zero-order chi connectivity index (χ0) is 16.5. The van der Waals surface area contributed by atoms with Crippen molar-refractivity contribution in [2.45, 2.75) is 50.6 Å². The molecule has 4 rings (SSSR count). The monoisotopic (exact) mass is 329 g/mol. The van der Waals surface area contributed by atoms with Crippen LogP contribution in [-0.4, -0.2) is 32.2 Å². The van der Waals surface area contributed by atoms with E-state index in [4.69, 9.17) is 4.42 Å². The van der Waals surface area contributed by atoms with E-state index in [0.29, 0.717) is 12.5 Å². The lowest BCUT2D eigenvalue weighted by molar-refractivity contribution is 0.146. The Hall–Kier alpha value is -2.31. The highest BCUT2D eigenvalue weighted by atomic mass is 16.4. The first-order chi connectivity index (χ1) is 11.7. The van der Waals surface area contributed by atoms with Gasteiger partial charge in [-0.2, -0.15) is 5.10 Å². The van der Waals surface area contributed by atoms with E-state index in [0.717, 1.165) is 56.0 Å². The van der Waals surface area contributed by atoms with Gasteiger partial charge in [0.1, 0.15) is 5.76 Å². The van der Waals surface area contributed by atoms with Gasteiger partial charge in [0.25, 0.3) is 0 Å². The lowest BCUT2D eigenvalue weighted by Gasteiger charge is -2.35. The summed E-state index contributed by atoms with van der Waals surface area (Å²) in [6, 6.07) is 2.03. The van der Waals surface area contributed by atoms with Crippen LogP contribution in [0.3, 0.4) is 0 Å². The van der Waals surface area contributed by atoms with Gasteiger partial charge in [-0.1, -0.05) is 0 Å². The molecule has 128 valence electrons. The number of nitrogens with zero attached hydrogens (tertiary/aromatic N) is 4. The molecule has 7 heteroatoms. The summed E-state index contributed by atoms with van der Waals surface area (Å²) < 4.78 is 7.56. The van der Waals surface area contributed by atoms with Crippen LogP contribution in [0.1, 0.15) is 61.4 Å². The van der Waals surface area contributed by atoms with Gasteiger partial charge >= 0.3 is 6.03 Å². The molecule has 1 saturated carbocycles. The number of hydrogen-bond acceptors (Lipinski definition) is 4. The van der Waals surface area contributed by atoms with Crippen molar-refractivity contribution < 1.29 is 9.21 Å². The summed E-state index contributed by atoms with van der Waals surface area (Å²) in [5, 5.41) is 7.22. The van der Waals surface area contributed by atoms with E-state index in [2.05, 4.69) is 15.4 Å². The van der Waals surface area contributed by atoms with Crippen molar-refractivity contribution in [2.75, 3.05) is 6.54 Å². The highest BCUT2D eigenvalue weighted by Crippen LogP contribution is 2.39. The number of carbonyl (C=O) groups is 1. The van der Waals surface area contributed by atoms with Crippen molar-refractivity contribution in [3.63, 3.8) is 0 Å². The molecule has 0 bridgehead atoms. The number of rotatable bonds is 4. The first-order valence-electron chi connectivity index (χ1n) is 8.69. The molecule has 1 aliphatic heterocycles. The molecule has 7 nitrogen and oxygen atoms in total. The van der Waals surface area contributed by atoms with Crippen molar-refractivity contribution in [1.29, 1.82) is 0 Å². The summed E-state index contributed by atoms with van der Waals surface area (Å²) in [5.41, 5.74) is 1.08. The predicted molar refractivity (Wildman–Crippen MR) is 87.2 cm³/mol. The fourth-order valence-electron chi connectivity index (χ4n) is 3.38. The minimum Gasteiger partial charge on any atom is -0.444 e. The van der Waals surface area contributed by atoms with Gasteiger partial charge in [-0.3, -0.25) is 4.68 Å². The molecule has 2 aromatic rings. The van der Waals surface area contributed by atoms with Crippen LogP contribution in [0.15, 0.2) is 22.9 Å². The number of nitrogens with one attached hydrogen (secondary N) is 1. The van der Waals surface area contributed by atoms with Gasteiger partial charge in [0.15, 0.2) is 5.89 Å². The van der Waals surface area contributed by atoms with Crippen LogP contribution in [0.4, 0.5) is 4.79 Å². The number of urea groups is 1. The van der Waals surface area contributed by atoms with Gasteiger partial charge in [0, 0.05) is 25.7 Å². The average Bonchev–Trinajstić information content (AvgIpc) is 3.19. The van der Waals surface area contributed by atoms with Crippen molar-refractivity contribution in [3.8, 4) is 0 Å². The van der Waals surface area contributed by atoms with Gasteiger partial charge in [-0.15, -0.1) is 0 Å². The molecule has 1 unspecified atom stereocenters. The molecule has 2 aliphatic rings. The smallest absolute Gasteiger partial charge is 0.318 e. The first-order valence-corrected chi connectivity index (χ1v) is 8.69. The minimum atomic E-state index is -0.0507. The Kier molecular flexibility index (Phi) is 4.00. The maximum absolute atomic E-state index is 12.7. The van der Waals surface area contributed by atoms with Crippen LogP contribution in [0, 0.1) is 0 Å². The third-order valence-electron chi connectivity index (χ3n) is 4.88. The fraction of sp³-hybridized carbons (Fsp3) is 0.588. The SMILES string of the molecule is Cn1nccc1C1CCCCN1C(=O)NCc1cnc(C2CC2)o1. The zero-order valence-electron chi connectivity index (χ0n) is 13.9. The third-order valence-corrected chi connectivity index (χ3v) is 4.88. The van der Waals surface area contributed by atoms with E-state index in [1.54, 1.807) is 12.4 Å². The molecule has 1 N–H and O–H groups in total. The number of aromatic nitrogens is 3. The Morgan fingerprint density at radius 2 is 2.25 bits per heavy atom. The quantitative estimate of drug-likeness (QED) is 0.936. The lowest BCUT2D eigenvalue weighted by atomic mass is 10.00. The van der Waals surface area contributed by atoms with Crippen LogP contribution in [0.2, 0.25) is 0 Å². The highest BCUT2D eigenvalue weighted by Gasteiger charge is 2.30. The number of amides is 2. The summed E-state index contributed by atoms with van der Waals surface area (Å²) >= 11 is 0. The van der Waals surface area contributed by atoms with Crippen LogP contribution in [0.5, 0.6) is 0 Å². The first kappa shape index (κ1) is 15.2. The molecule has 1 saturated heterocycles. The van der Waals surface area contributed by atoms with E-state index >= 15 is 0 Å². The van der Waals surface area contributed by atoms with Crippen molar-refractivity contribution >= 4 is 6.03 Å². The van der Waals surface area contributed by atoms with E-state index in [1.807, 2.05) is 22.7 Å². The summed E-state index contributed by atoms with van der Waals surface area (Å²) in [6.07, 6.45) is 8.97. The number of oxazole rings is 1. The number of piperidine rings is 1. The predicted octanol–water partition coefficient (Wildman–Crippen LogP) is 2.72. The van der Waals surface area contributed by atoms with E-state index < -0.39 is 0 Å². The van der Waals surface area contributed by atoms with Crippen LogP contribution >= 0.6 is 0 Å². The molecule has 1 aliphatic carbocycles. The van der Waals surface area contributed by atoms with Gasteiger partial charge in [0.05, 0.1) is 24.5 Å². The fourth-order valence-corrected chi connectivity index (χ4v) is 3.38. The molecule has 24 heavy (non-hydrogen) atoms. The van der Waals surface area contributed by atoms with Crippen LogP contribution in [-0.2, 0) is 13.6 Å². The van der Waals surface area contributed by atoms with E-state index in [-0.39, 0.29) is 12.1 Å². The molecule has 0 spiro atoms. The summed E-state index contributed by atoms with van der Waals surface area (Å²) in [7, 11) is 1.92. The second-order valence-corrected chi connectivity index (χ2v) is 6.68. The van der Waals surface area contributed by atoms with Gasteiger partial charge in [-0.05, 0) is 38.2 Å². The van der Waals surface area contributed by atoms with Crippen molar-refractivity contribution in [1.82, 2.24) is 25.0 Å². The third kappa shape index (κ3) is 3.02. The Morgan fingerprint density at radius 1 is 1.38 bits per heavy atom. The van der Waals surface area contributed by atoms with Gasteiger partial charge in [-0.25, -0.2) is 9.78 Å². The maximum atomic E-state index is 12.7. The second kappa shape index (κ2) is 6.30.